The van der Waals surface area contributed by atoms with E-state index in [-0.39, 0.29) is 12.1 Å². The van der Waals surface area contributed by atoms with E-state index >= 15 is 0 Å². The lowest BCUT2D eigenvalue weighted by Gasteiger charge is -2.31. The van der Waals surface area contributed by atoms with Gasteiger partial charge in [-0.3, -0.25) is 4.90 Å². The first-order valence-electron chi connectivity index (χ1n) is 8.75. The van der Waals surface area contributed by atoms with E-state index in [0.717, 1.165) is 38.2 Å². The Bertz CT molecular complexity index is 520. The lowest BCUT2D eigenvalue weighted by molar-refractivity contribution is -0.0655. The molecule has 1 aromatic rings. The summed E-state index contributed by atoms with van der Waals surface area (Å²) in [5, 5.41) is 19.2. The number of likely N-dealkylation sites (N-methyl/N-ethyl adjacent to an activating group) is 1. The van der Waals surface area contributed by atoms with Crippen molar-refractivity contribution in [3.05, 3.63) is 35.4 Å². The summed E-state index contributed by atoms with van der Waals surface area (Å²) in [5.41, 5.74) is 1.81. The maximum atomic E-state index is 10.3. The fourth-order valence-corrected chi connectivity index (χ4v) is 3.02. The second-order valence-electron chi connectivity index (χ2n) is 6.30. The number of hydrogen-bond acceptors (Lipinski definition) is 5. The molecule has 1 saturated heterocycles. The van der Waals surface area contributed by atoms with Gasteiger partial charge in [-0.2, -0.15) is 5.26 Å². The van der Waals surface area contributed by atoms with Crippen LogP contribution in [0.1, 0.15) is 43.9 Å². The fourth-order valence-electron chi connectivity index (χ4n) is 3.02. The average Bonchev–Trinajstić information content (AvgIpc) is 2.64. The summed E-state index contributed by atoms with van der Waals surface area (Å²) in [7, 11) is 0. The van der Waals surface area contributed by atoms with E-state index in [2.05, 4.69) is 24.8 Å². The minimum absolute atomic E-state index is 0.181. The summed E-state index contributed by atoms with van der Waals surface area (Å²) in [6.45, 7) is 7.48. The van der Waals surface area contributed by atoms with Crippen LogP contribution in [0, 0.1) is 11.3 Å². The van der Waals surface area contributed by atoms with E-state index < -0.39 is 6.10 Å². The van der Waals surface area contributed by atoms with Gasteiger partial charge in [0.25, 0.3) is 0 Å². The van der Waals surface area contributed by atoms with Crippen molar-refractivity contribution in [2.45, 2.75) is 44.9 Å². The third-order valence-corrected chi connectivity index (χ3v) is 4.61. The second-order valence-corrected chi connectivity index (χ2v) is 6.30. The van der Waals surface area contributed by atoms with Crippen molar-refractivity contribution in [1.82, 2.24) is 4.90 Å². The fraction of sp³-hybridized carbons (Fsp3) is 0.632. The van der Waals surface area contributed by atoms with Gasteiger partial charge < -0.3 is 14.6 Å². The molecule has 0 saturated carbocycles. The molecule has 0 bridgehead atoms. The molecule has 1 heterocycles. The van der Waals surface area contributed by atoms with Crippen LogP contribution in [0.25, 0.3) is 0 Å². The largest absolute Gasteiger partial charge is 0.389 e. The van der Waals surface area contributed by atoms with E-state index in [1.165, 1.54) is 0 Å². The molecule has 2 rings (SSSR count). The summed E-state index contributed by atoms with van der Waals surface area (Å²) in [6, 6.07) is 9.96. The van der Waals surface area contributed by atoms with E-state index in [1.54, 1.807) is 0 Å². The Balaban J connectivity index is 1.83. The van der Waals surface area contributed by atoms with E-state index in [0.29, 0.717) is 18.7 Å². The molecule has 0 radical (unpaired) electrons. The van der Waals surface area contributed by atoms with Gasteiger partial charge in [-0.25, -0.2) is 0 Å². The number of benzene rings is 1. The summed E-state index contributed by atoms with van der Waals surface area (Å²) in [5.74, 6) is 0. The molecule has 24 heavy (non-hydrogen) atoms. The molecule has 5 heteroatoms. The molecule has 1 aliphatic heterocycles. The van der Waals surface area contributed by atoms with E-state index in [1.807, 2.05) is 24.3 Å². The number of aliphatic hydroxyl groups is 1. The SMILES string of the molecule is CCN(CC(O)COC1CCOCC1)C(C)c1ccc(C#N)cc1. The minimum atomic E-state index is -0.506. The summed E-state index contributed by atoms with van der Waals surface area (Å²) >= 11 is 0. The number of ether oxygens (including phenoxy) is 2. The van der Waals surface area contributed by atoms with E-state index in [9.17, 15) is 5.11 Å². The Labute approximate surface area is 144 Å². The second kappa shape index (κ2) is 9.75. The molecule has 1 aromatic carbocycles. The van der Waals surface area contributed by atoms with Crippen LogP contribution in [0.4, 0.5) is 0 Å². The maximum Gasteiger partial charge on any atom is 0.0991 e. The molecule has 1 aliphatic rings. The molecule has 0 aromatic heterocycles. The first-order valence-corrected chi connectivity index (χ1v) is 8.75. The van der Waals surface area contributed by atoms with E-state index in [4.69, 9.17) is 14.7 Å². The van der Waals surface area contributed by atoms with Gasteiger partial charge >= 0.3 is 0 Å². The number of rotatable bonds is 8. The highest BCUT2D eigenvalue weighted by Crippen LogP contribution is 2.21. The highest BCUT2D eigenvalue weighted by Gasteiger charge is 2.20. The first kappa shape index (κ1) is 18.9. The van der Waals surface area contributed by atoms with Crippen molar-refractivity contribution in [1.29, 1.82) is 5.26 Å². The Morgan fingerprint density at radius 3 is 2.58 bits per heavy atom. The molecule has 132 valence electrons. The van der Waals surface area contributed by atoms with Crippen molar-refractivity contribution in [3.8, 4) is 6.07 Å². The molecule has 1 N–H and O–H groups in total. The molecule has 0 amide bonds. The first-order chi connectivity index (χ1) is 11.6. The predicted octanol–water partition coefficient (Wildman–Crippen LogP) is 2.50. The molecule has 2 unspecified atom stereocenters. The third-order valence-electron chi connectivity index (χ3n) is 4.61. The molecular weight excluding hydrogens is 304 g/mol. The van der Waals surface area contributed by atoms with Crippen molar-refractivity contribution in [3.63, 3.8) is 0 Å². The van der Waals surface area contributed by atoms with Gasteiger partial charge in [-0.15, -0.1) is 0 Å². The van der Waals surface area contributed by atoms with Gasteiger partial charge in [-0.1, -0.05) is 19.1 Å². The zero-order chi connectivity index (χ0) is 17.4. The van der Waals surface area contributed by atoms with Crippen molar-refractivity contribution in [2.24, 2.45) is 0 Å². The molecule has 5 nitrogen and oxygen atoms in total. The lowest BCUT2D eigenvalue weighted by atomic mass is 10.0. The smallest absolute Gasteiger partial charge is 0.0991 e. The van der Waals surface area contributed by atoms with Crippen molar-refractivity contribution < 1.29 is 14.6 Å². The van der Waals surface area contributed by atoms with Gasteiger partial charge in [0.2, 0.25) is 0 Å². The summed E-state index contributed by atoms with van der Waals surface area (Å²) in [4.78, 5) is 2.22. The van der Waals surface area contributed by atoms with Crippen LogP contribution in [-0.4, -0.2) is 55.1 Å². The van der Waals surface area contributed by atoms with Crippen LogP contribution in [0.5, 0.6) is 0 Å². The quantitative estimate of drug-likeness (QED) is 0.792. The highest BCUT2D eigenvalue weighted by molar-refractivity contribution is 5.32. The average molecular weight is 332 g/mol. The molecule has 1 fully saturated rings. The Hall–Kier alpha value is -1.45. The summed E-state index contributed by atoms with van der Waals surface area (Å²) in [6.07, 6.45) is 1.52. The van der Waals surface area contributed by atoms with Crippen LogP contribution in [0.3, 0.4) is 0 Å². The van der Waals surface area contributed by atoms with Crippen LogP contribution >= 0.6 is 0 Å². The number of nitriles is 1. The van der Waals surface area contributed by atoms with Crippen molar-refractivity contribution >= 4 is 0 Å². The Kier molecular flexibility index (Phi) is 7.67. The van der Waals surface area contributed by atoms with Gasteiger partial charge in [-0.05, 0) is 44.0 Å². The van der Waals surface area contributed by atoms with Crippen molar-refractivity contribution in [2.75, 3.05) is 32.9 Å². The van der Waals surface area contributed by atoms with Crippen LogP contribution in [-0.2, 0) is 9.47 Å². The zero-order valence-corrected chi connectivity index (χ0v) is 14.6. The molecule has 0 aliphatic carbocycles. The normalized spacial score (nSPS) is 18.3. The van der Waals surface area contributed by atoms with Crippen LogP contribution in [0.2, 0.25) is 0 Å². The Morgan fingerprint density at radius 2 is 2.00 bits per heavy atom. The molecular formula is C19H28N2O3. The highest BCUT2D eigenvalue weighted by atomic mass is 16.5. The minimum Gasteiger partial charge on any atom is -0.389 e. The van der Waals surface area contributed by atoms with Crippen LogP contribution < -0.4 is 0 Å². The zero-order valence-electron chi connectivity index (χ0n) is 14.6. The third kappa shape index (κ3) is 5.57. The maximum absolute atomic E-state index is 10.3. The standard InChI is InChI=1S/C19H28N2O3/c1-3-21(15(2)17-6-4-16(12-20)5-7-17)13-18(22)14-24-19-8-10-23-11-9-19/h4-7,15,18-19,22H,3,8-11,13-14H2,1-2H3. The Morgan fingerprint density at radius 1 is 1.33 bits per heavy atom. The summed E-state index contributed by atoms with van der Waals surface area (Å²) < 4.78 is 11.1. The monoisotopic (exact) mass is 332 g/mol. The number of nitrogens with zero attached hydrogens (tertiary/aromatic N) is 2. The lowest BCUT2D eigenvalue weighted by Crippen LogP contribution is -2.38. The van der Waals surface area contributed by atoms with Gasteiger partial charge in [0.05, 0.1) is 30.4 Å². The molecule has 2 atom stereocenters. The van der Waals surface area contributed by atoms with Gasteiger partial charge in [0.15, 0.2) is 0 Å². The predicted molar refractivity (Wildman–Crippen MR) is 92.6 cm³/mol. The van der Waals surface area contributed by atoms with Crippen LogP contribution in [0.15, 0.2) is 24.3 Å². The molecule has 0 spiro atoms. The van der Waals surface area contributed by atoms with Gasteiger partial charge in [0.1, 0.15) is 0 Å². The number of hydrogen-bond donors (Lipinski definition) is 1. The topological polar surface area (TPSA) is 65.7 Å². The van der Waals surface area contributed by atoms with Gasteiger partial charge in [0, 0.05) is 25.8 Å². The number of aliphatic hydroxyl groups excluding tert-OH is 1.